The molecule has 0 aliphatic rings. The van der Waals surface area contributed by atoms with Crippen molar-refractivity contribution in [2.24, 2.45) is 21.1 Å². The summed E-state index contributed by atoms with van der Waals surface area (Å²) in [5, 5.41) is 8.39. The normalized spacial score (nSPS) is 12.1. The Kier molecular flexibility index (Phi) is 7.11. The molecule has 3 rings (SSSR count). The number of benzene rings is 1. The first-order valence-electron chi connectivity index (χ1n) is 10.6. The Balaban J connectivity index is 1.86. The van der Waals surface area contributed by atoms with E-state index in [0.717, 1.165) is 33.5 Å². The highest BCUT2D eigenvalue weighted by Crippen LogP contribution is 2.28. The van der Waals surface area contributed by atoms with Crippen LogP contribution in [0.25, 0.3) is 11.4 Å². The van der Waals surface area contributed by atoms with Crippen LogP contribution in [0.1, 0.15) is 31.1 Å². The van der Waals surface area contributed by atoms with Crippen LogP contribution in [0.2, 0.25) is 0 Å². The molecular weight excluding hydrogens is 442 g/mol. The molecule has 33 heavy (non-hydrogen) atoms. The van der Waals surface area contributed by atoms with Crippen LogP contribution in [0.15, 0.2) is 39.0 Å². The number of carbonyl (C=O) groups is 1. The number of carbonyl (C=O) groups excluding carboxylic acids is 1. The lowest BCUT2D eigenvalue weighted by Gasteiger charge is -2.21. The molecule has 2 N–H and O–H groups in total. The van der Waals surface area contributed by atoms with E-state index in [1.54, 1.807) is 6.92 Å². The minimum atomic E-state index is -0.708. The van der Waals surface area contributed by atoms with Crippen molar-refractivity contribution in [1.29, 1.82) is 0 Å². The van der Waals surface area contributed by atoms with Gasteiger partial charge < -0.3 is 15.2 Å². The molecule has 0 aliphatic heterocycles. The molecule has 11 heteroatoms. The lowest BCUT2D eigenvalue weighted by molar-refractivity contribution is 0.0992. The zero-order valence-electron chi connectivity index (χ0n) is 19.7. The Labute approximate surface area is 196 Å². The van der Waals surface area contributed by atoms with Gasteiger partial charge in [-0.05, 0) is 45.0 Å². The molecule has 0 fully saturated rings. The number of rotatable bonds is 8. The maximum atomic E-state index is 13.1. The van der Waals surface area contributed by atoms with Crippen molar-refractivity contribution in [2.75, 3.05) is 23.7 Å². The molecule has 0 saturated carbocycles. The number of anilines is 2. The van der Waals surface area contributed by atoms with Crippen molar-refractivity contribution < 1.29 is 4.79 Å². The maximum absolute atomic E-state index is 13.1. The number of hydrogen-bond acceptors (Lipinski definition) is 8. The summed E-state index contributed by atoms with van der Waals surface area (Å²) in [5.74, 6) is 0.0510. The predicted octanol–water partition coefficient (Wildman–Crippen LogP) is 1.67. The lowest BCUT2D eigenvalue weighted by Crippen LogP contribution is -2.42. The van der Waals surface area contributed by atoms with E-state index in [0.29, 0.717) is 11.0 Å². The van der Waals surface area contributed by atoms with E-state index in [9.17, 15) is 14.4 Å². The van der Waals surface area contributed by atoms with E-state index in [1.807, 2.05) is 35.9 Å². The molecule has 0 saturated heterocycles. The molecule has 0 bridgehead atoms. The highest BCUT2D eigenvalue weighted by molar-refractivity contribution is 8.00. The van der Waals surface area contributed by atoms with Gasteiger partial charge in [0, 0.05) is 45.5 Å². The van der Waals surface area contributed by atoms with Crippen LogP contribution in [0.4, 0.5) is 11.5 Å². The largest absolute Gasteiger partial charge is 0.384 e. The van der Waals surface area contributed by atoms with Crippen molar-refractivity contribution in [1.82, 2.24) is 23.9 Å². The van der Waals surface area contributed by atoms with Gasteiger partial charge >= 0.3 is 5.69 Å². The molecule has 1 aromatic carbocycles. The first kappa shape index (κ1) is 24.3. The second-order valence-electron chi connectivity index (χ2n) is 7.67. The maximum Gasteiger partial charge on any atom is 0.332 e. The van der Waals surface area contributed by atoms with Crippen LogP contribution in [0.5, 0.6) is 0 Å². The van der Waals surface area contributed by atoms with Crippen molar-refractivity contribution in [3.05, 3.63) is 50.7 Å². The fraction of sp³-hybridized carbons (Fsp3) is 0.409. The summed E-state index contributed by atoms with van der Waals surface area (Å²) in [6, 6.07) is 8.09. The highest BCUT2D eigenvalue weighted by atomic mass is 32.2. The molecule has 2 heterocycles. The summed E-state index contributed by atoms with van der Waals surface area (Å²) in [4.78, 5) is 39.9. The topological polar surface area (TPSA) is 121 Å². The van der Waals surface area contributed by atoms with E-state index < -0.39 is 22.3 Å². The molecule has 3 aromatic rings. The zero-order chi connectivity index (χ0) is 24.4. The van der Waals surface area contributed by atoms with Crippen molar-refractivity contribution in [3.63, 3.8) is 0 Å². The Morgan fingerprint density at radius 2 is 1.64 bits per heavy atom. The molecule has 0 radical (unpaired) electrons. The third-order valence-electron chi connectivity index (χ3n) is 5.70. The number of nitrogens with two attached hydrogens (primary N) is 1. The van der Waals surface area contributed by atoms with E-state index in [1.165, 1.54) is 25.9 Å². The van der Waals surface area contributed by atoms with Gasteiger partial charge in [-0.3, -0.25) is 18.7 Å². The van der Waals surface area contributed by atoms with Gasteiger partial charge in [0.15, 0.2) is 16.8 Å². The van der Waals surface area contributed by atoms with Crippen LogP contribution in [-0.4, -0.2) is 48.0 Å². The van der Waals surface area contributed by atoms with E-state index in [2.05, 4.69) is 28.9 Å². The minimum absolute atomic E-state index is 0.146. The standard InChI is InChI=1S/C22H29N7O3S/c1-7-29(8-2)15-11-9-14(10-12-15)19-24-25-21(27(19)5)33-13(3)17(30)16-18(23)26(4)22(32)28(6)20(16)31/h9-13H,7-8,23H2,1-6H3. The van der Waals surface area contributed by atoms with Crippen LogP contribution < -0.4 is 21.9 Å². The SMILES string of the molecule is CCN(CC)c1ccc(-c2nnc(SC(C)C(=O)c3c(N)n(C)c(=O)n(C)c3=O)n2C)cc1. The molecule has 1 atom stereocenters. The van der Waals surface area contributed by atoms with Gasteiger partial charge in [0.05, 0.1) is 5.25 Å². The summed E-state index contributed by atoms with van der Waals surface area (Å²) in [6.45, 7) is 7.75. The van der Waals surface area contributed by atoms with Crippen molar-refractivity contribution in [3.8, 4) is 11.4 Å². The van der Waals surface area contributed by atoms with Gasteiger partial charge in [0.1, 0.15) is 11.4 Å². The van der Waals surface area contributed by atoms with Crippen LogP contribution in [0.3, 0.4) is 0 Å². The molecule has 176 valence electrons. The fourth-order valence-electron chi connectivity index (χ4n) is 3.59. The molecule has 0 spiro atoms. The molecular formula is C22H29N7O3S. The van der Waals surface area contributed by atoms with Crippen LogP contribution in [0, 0.1) is 0 Å². The number of Topliss-reactive ketones (excluding diaryl/α,β-unsaturated/α-hetero) is 1. The second-order valence-corrected chi connectivity index (χ2v) is 8.98. The predicted molar refractivity (Wildman–Crippen MR) is 131 cm³/mol. The summed E-state index contributed by atoms with van der Waals surface area (Å²) in [7, 11) is 4.57. The first-order chi connectivity index (χ1) is 15.6. The number of nitrogens with zero attached hydrogens (tertiary/aromatic N) is 6. The zero-order valence-corrected chi connectivity index (χ0v) is 20.5. The lowest BCUT2D eigenvalue weighted by atomic mass is 10.1. The molecule has 10 nitrogen and oxygen atoms in total. The van der Waals surface area contributed by atoms with Crippen molar-refractivity contribution in [2.45, 2.75) is 31.2 Å². The summed E-state index contributed by atoms with van der Waals surface area (Å²) in [5.41, 5.74) is 6.48. The van der Waals surface area contributed by atoms with E-state index in [4.69, 9.17) is 5.73 Å². The molecule has 1 unspecified atom stereocenters. The van der Waals surface area contributed by atoms with Crippen molar-refractivity contribution >= 4 is 29.1 Å². The number of nitrogen functional groups attached to an aromatic ring is 1. The monoisotopic (exact) mass is 471 g/mol. The molecule has 0 amide bonds. The molecule has 2 aromatic heterocycles. The number of thioether (sulfide) groups is 1. The first-order valence-corrected chi connectivity index (χ1v) is 11.5. The Hall–Kier alpha value is -3.34. The second kappa shape index (κ2) is 9.65. The van der Waals surface area contributed by atoms with Gasteiger partial charge in [-0.25, -0.2) is 4.79 Å². The van der Waals surface area contributed by atoms with Gasteiger partial charge in [0.2, 0.25) is 0 Å². The smallest absolute Gasteiger partial charge is 0.332 e. The van der Waals surface area contributed by atoms with Gasteiger partial charge in [-0.1, -0.05) is 11.8 Å². The van der Waals surface area contributed by atoms with E-state index in [-0.39, 0.29) is 11.4 Å². The quantitative estimate of drug-likeness (QED) is 0.389. The average Bonchev–Trinajstić information content (AvgIpc) is 3.17. The third kappa shape index (κ3) is 4.45. The Morgan fingerprint density at radius 1 is 1.03 bits per heavy atom. The minimum Gasteiger partial charge on any atom is -0.384 e. The fourth-order valence-corrected chi connectivity index (χ4v) is 4.46. The molecule has 0 aliphatic carbocycles. The Morgan fingerprint density at radius 3 is 2.21 bits per heavy atom. The average molecular weight is 472 g/mol. The van der Waals surface area contributed by atoms with E-state index >= 15 is 0 Å². The van der Waals surface area contributed by atoms with Crippen LogP contribution >= 0.6 is 11.8 Å². The highest BCUT2D eigenvalue weighted by Gasteiger charge is 2.27. The number of hydrogen-bond donors (Lipinski definition) is 1. The summed E-state index contributed by atoms with van der Waals surface area (Å²) in [6.07, 6.45) is 0. The Bertz CT molecular complexity index is 1290. The number of aromatic nitrogens is 5. The number of ketones is 1. The van der Waals surface area contributed by atoms with Crippen LogP contribution in [-0.2, 0) is 21.1 Å². The van der Waals surface area contributed by atoms with Gasteiger partial charge in [0.25, 0.3) is 5.56 Å². The van der Waals surface area contributed by atoms with Gasteiger partial charge in [-0.15, -0.1) is 10.2 Å². The summed E-state index contributed by atoms with van der Waals surface area (Å²) >= 11 is 1.18. The summed E-state index contributed by atoms with van der Waals surface area (Å²) < 4.78 is 3.78. The van der Waals surface area contributed by atoms with Gasteiger partial charge in [-0.2, -0.15) is 0 Å². The third-order valence-corrected chi connectivity index (χ3v) is 6.83.